The zero-order valence-corrected chi connectivity index (χ0v) is 11.9. The first-order chi connectivity index (χ1) is 9.97. The van der Waals surface area contributed by atoms with Gasteiger partial charge in [-0.1, -0.05) is 6.07 Å². The number of urea groups is 1. The maximum absolute atomic E-state index is 13.4. The number of hydrogen-bond acceptors (Lipinski definition) is 2. The summed E-state index contributed by atoms with van der Waals surface area (Å²) in [5.41, 5.74) is 0.876. The second-order valence-electron chi connectivity index (χ2n) is 5.38. The molecule has 114 valence electrons. The number of carbonyl (C=O) groups excluding carboxylic acids is 1. The largest absolute Gasteiger partial charge is 0.481 e. The van der Waals surface area contributed by atoms with Gasteiger partial charge in [-0.15, -0.1) is 0 Å². The van der Waals surface area contributed by atoms with Gasteiger partial charge in [0.05, 0.1) is 0 Å². The summed E-state index contributed by atoms with van der Waals surface area (Å²) in [6.07, 6.45) is 1.52. The number of carbonyl (C=O) groups is 2. The minimum Gasteiger partial charge on any atom is -0.481 e. The van der Waals surface area contributed by atoms with E-state index in [-0.39, 0.29) is 24.2 Å². The van der Waals surface area contributed by atoms with E-state index in [2.05, 4.69) is 5.32 Å². The quantitative estimate of drug-likeness (QED) is 0.897. The summed E-state index contributed by atoms with van der Waals surface area (Å²) in [6.45, 7) is 2.77. The maximum atomic E-state index is 13.4. The molecule has 0 bridgehead atoms. The number of aliphatic carboxylic acids is 1. The Morgan fingerprint density at radius 2 is 2.24 bits per heavy atom. The number of hydrogen-bond donors (Lipinski definition) is 2. The first kappa shape index (κ1) is 15.3. The van der Waals surface area contributed by atoms with Crippen molar-refractivity contribution in [1.82, 2.24) is 4.90 Å². The lowest BCUT2D eigenvalue weighted by Gasteiger charge is -2.18. The number of carboxylic acids is 1. The number of rotatable bonds is 4. The second kappa shape index (κ2) is 6.56. The molecular formula is C15H19FN2O3. The van der Waals surface area contributed by atoms with Crippen LogP contribution in [0.5, 0.6) is 0 Å². The van der Waals surface area contributed by atoms with Gasteiger partial charge in [-0.2, -0.15) is 0 Å². The summed E-state index contributed by atoms with van der Waals surface area (Å²) >= 11 is 0. The minimum atomic E-state index is -0.812. The molecule has 1 fully saturated rings. The summed E-state index contributed by atoms with van der Waals surface area (Å²) in [6, 6.07) is 4.30. The number of likely N-dealkylation sites (tertiary alicyclic amines) is 1. The van der Waals surface area contributed by atoms with Gasteiger partial charge in [0.25, 0.3) is 0 Å². The predicted octanol–water partition coefficient (Wildman–Crippen LogP) is 2.85. The Morgan fingerprint density at radius 3 is 2.95 bits per heavy atom. The molecule has 0 saturated carbocycles. The molecule has 0 aromatic heterocycles. The lowest BCUT2D eigenvalue weighted by Crippen LogP contribution is -2.33. The Labute approximate surface area is 122 Å². The van der Waals surface area contributed by atoms with Crippen LogP contribution in [0.4, 0.5) is 14.9 Å². The van der Waals surface area contributed by atoms with Crippen molar-refractivity contribution in [2.75, 3.05) is 18.4 Å². The van der Waals surface area contributed by atoms with Crippen molar-refractivity contribution in [2.45, 2.75) is 26.2 Å². The lowest BCUT2D eigenvalue weighted by atomic mass is 10.0. The monoisotopic (exact) mass is 294 g/mol. The van der Waals surface area contributed by atoms with Crippen LogP contribution in [0, 0.1) is 18.7 Å². The van der Waals surface area contributed by atoms with E-state index in [4.69, 9.17) is 5.11 Å². The Kier molecular flexibility index (Phi) is 4.77. The van der Waals surface area contributed by atoms with Crippen LogP contribution in [-0.4, -0.2) is 35.1 Å². The van der Waals surface area contributed by atoms with Crippen LogP contribution in [-0.2, 0) is 4.79 Å². The summed E-state index contributed by atoms with van der Waals surface area (Å²) in [7, 11) is 0. The molecule has 0 radical (unpaired) electrons. The van der Waals surface area contributed by atoms with Crippen molar-refractivity contribution < 1.29 is 19.1 Å². The maximum Gasteiger partial charge on any atom is 0.321 e. The average Bonchev–Trinajstić information content (AvgIpc) is 2.90. The predicted molar refractivity (Wildman–Crippen MR) is 76.7 cm³/mol. The molecule has 1 aromatic carbocycles. The number of benzene rings is 1. The number of halogens is 1. The van der Waals surface area contributed by atoms with Crippen molar-refractivity contribution >= 4 is 17.7 Å². The fourth-order valence-electron chi connectivity index (χ4n) is 2.52. The second-order valence-corrected chi connectivity index (χ2v) is 5.38. The van der Waals surface area contributed by atoms with Crippen LogP contribution in [0.15, 0.2) is 18.2 Å². The van der Waals surface area contributed by atoms with E-state index in [1.165, 1.54) is 6.07 Å². The van der Waals surface area contributed by atoms with E-state index in [0.717, 1.165) is 6.42 Å². The van der Waals surface area contributed by atoms with Crippen LogP contribution in [0.2, 0.25) is 0 Å². The zero-order valence-electron chi connectivity index (χ0n) is 11.9. The third kappa shape index (κ3) is 3.93. The first-order valence-corrected chi connectivity index (χ1v) is 7.00. The van der Waals surface area contributed by atoms with Crippen molar-refractivity contribution in [1.29, 1.82) is 0 Å². The van der Waals surface area contributed by atoms with E-state index in [1.807, 2.05) is 0 Å². The van der Waals surface area contributed by atoms with Crippen molar-refractivity contribution in [3.63, 3.8) is 0 Å². The van der Waals surface area contributed by atoms with Gasteiger partial charge in [-0.25, -0.2) is 9.18 Å². The van der Waals surface area contributed by atoms with Crippen LogP contribution in [0.3, 0.4) is 0 Å². The van der Waals surface area contributed by atoms with Gasteiger partial charge in [-0.3, -0.25) is 4.79 Å². The standard InChI is InChI=1S/C15H19FN2O3/c1-10-12(16)3-2-4-13(10)17-15(21)18-8-7-11(9-18)5-6-14(19)20/h2-4,11H,5-9H2,1H3,(H,17,21)(H,19,20). The molecule has 5 nitrogen and oxygen atoms in total. The smallest absolute Gasteiger partial charge is 0.321 e. The molecule has 2 rings (SSSR count). The van der Waals surface area contributed by atoms with E-state index in [9.17, 15) is 14.0 Å². The number of nitrogens with zero attached hydrogens (tertiary/aromatic N) is 1. The molecule has 1 heterocycles. The fourth-order valence-corrected chi connectivity index (χ4v) is 2.52. The van der Waals surface area contributed by atoms with E-state index in [0.29, 0.717) is 30.8 Å². The Hall–Kier alpha value is -2.11. The Bertz CT molecular complexity index is 548. The topological polar surface area (TPSA) is 69.6 Å². The van der Waals surface area contributed by atoms with E-state index < -0.39 is 5.97 Å². The Balaban J connectivity index is 1.90. The number of anilines is 1. The number of amides is 2. The zero-order chi connectivity index (χ0) is 15.4. The van der Waals surface area contributed by atoms with Gasteiger partial charge >= 0.3 is 12.0 Å². The van der Waals surface area contributed by atoms with Crippen LogP contribution in [0.1, 0.15) is 24.8 Å². The molecular weight excluding hydrogens is 275 g/mol. The van der Waals surface area contributed by atoms with Gasteiger partial charge in [0.2, 0.25) is 0 Å². The van der Waals surface area contributed by atoms with E-state index >= 15 is 0 Å². The van der Waals surface area contributed by atoms with Crippen molar-refractivity contribution in [3.8, 4) is 0 Å². The normalized spacial score (nSPS) is 17.8. The summed E-state index contributed by atoms with van der Waals surface area (Å²) in [5, 5.41) is 11.4. The Morgan fingerprint density at radius 1 is 1.48 bits per heavy atom. The van der Waals surface area contributed by atoms with Gasteiger partial charge < -0.3 is 15.3 Å². The van der Waals surface area contributed by atoms with Crippen LogP contribution in [0.25, 0.3) is 0 Å². The molecule has 21 heavy (non-hydrogen) atoms. The summed E-state index contributed by atoms with van der Waals surface area (Å²) < 4.78 is 13.4. The van der Waals surface area contributed by atoms with Crippen molar-refractivity contribution in [3.05, 3.63) is 29.6 Å². The molecule has 2 N–H and O–H groups in total. The molecule has 1 aliphatic heterocycles. The summed E-state index contributed by atoms with van der Waals surface area (Å²) in [5.74, 6) is -0.942. The lowest BCUT2D eigenvalue weighted by molar-refractivity contribution is -0.137. The molecule has 1 aromatic rings. The van der Waals surface area contributed by atoms with Gasteiger partial charge in [0.1, 0.15) is 5.82 Å². The molecule has 6 heteroatoms. The highest BCUT2D eigenvalue weighted by Crippen LogP contribution is 2.23. The molecule has 1 atom stereocenters. The third-order valence-corrected chi connectivity index (χ3v) is 3.85. The van der Waals surface area contributed by atoms with Gasteiger partial charge in [-0.05, 0) is 37.8 Å². The highest BCUT2D eigenvalue weighted by molar-refractivity contribution is 5.90. The van der Waals surface area contributed by atoms with E-state index in [1.54, 1.807) is 24.0 Å². The van der Waals surface area contributed by atoms with Gasteiger partial charge in [0, 0.05) is 30.8 Å². The molecule has 1 aliphatic rings. The number of nitrogens with one attached hydrogen (secondary N) is 1. The minimum absolute atomic E-state index is 0.128. The molecule has 1 saturated heterocycles. The SMILES string of the molecule is Cc1c(F)cccc1NC(=O)N1CCC(CCC(=O)O)C1. The molecule has 0 aliphatic carbocycles. The molecule has 0 spiro atoms. The average molecular weight is 294 g/mol. The highest BCUT2D eigenvalue weighted by Gasteiger charge is 2.26. The first-order valence-electron chi connectivity index (χ1n) is 7.00. The molecule has 1 unspecified atom stereocenters. The highest BCUT2D eigenvalue weighted by atomic mass is 19.1. The molecule has 2 amide bonds. The fraction of sp³-hybridized carbons (Fsp3) is 0.467. The number of carboxylic acid groups (broad SMARTS) is 1. The van der Waals surface area contributed by atoms with Crippen molar-refractivity contribution in [2.24, 2.45) is 5.92 Å². The third-order valence-electron chi connectivity index (χ3n) is 3.85. The summed E-state index contributed by atoms with van der Waals surface area (Å²) in [4.78, 5) is 24.3. The van der Waals surface area contributed by atoms with Crippen LogP contribution >= 0.6 is 0 Å². The van der Waals surface area contributed by atoms with Crippen LogP contribution < -0.4 is 5.32 Å². The van der Waals surface area contributed by atoms with Gasteiger partial charge in [0.15, 0.2) is 0 Å².